The van der Waals surface area contributed by atoms with Gasteiger partial charge < -0.3 is 5.32 Å². The Kier molecular flexibility index (Phi) is 6.46. The van der Waals surface area contributed by atoms with Gasteiger partial charge in [0.1, 0.15) is 0 Å². The third-order valence-electron chi connectivity index (χ3n) is 6.20. The minimum absolute atomic E-state index is 0.313. The van der Waals surface area contributed by atoms with Gasteiger partial charge in [0.05, 0.1) is 0 Å². The quantitative estimate of drug-likeness (QED) is 0.441. The molecule has 0 saturated heterocycles. The third-order valence-corrected chi connectivity index (χ3v) is 6.20. The Bertz CT molecular complexity index is 1190. The number of nitrogens with one attached hydrogen (secondary N) is 1. The summed E-state index contributed by atoms with van der Waals surface area (Å²) in [7, 11) is 0. The highest BCUT2D eigenvalue weighted by atomic mass is 14.9. The van der Waals surface area contributed by atoms with E-state index in [1.807, 2.05) is 0 Å². The molecule has 1 heteroatoms. The first kappa shape index (κ1) is 21.9. The highest BCUT2D eigenvalue weighted by Crippen LogP contribution is 2.30. The van der Waals surface area contributed by atoms with Crippen LogP contribution < -0.4 is 5.32 Å². The van der Waals surface area contributed by atoms with Crippen LogP contribution in [0.5, 0.6) is 0 Å². The molecule has 0 bridgehead atoms. The molecule has 1 unspecified atom stereocenters. The van der Waals surface area contributed by atoms with Crippen LogP contribution in [-0.2, 0) is 0 Å². The monoisotopic (exact) mass is 419 g/mol. The zero-order valence-electron chi connectivity index (χ0n) is 19.9. The molecular weight excluding hydrogens is 386 g/mol. The molecule has 3 aromatic carbocycles. The van der Waals surface area contributed by atoms with Crippen LogP contribution in [0.25, 0.3) is 5.57 Å². The lowest BCUT2D eigenvalue weighted by Crippen LogP contribution is -2.19. The van der Waals surface area contributed by atoms with Crippen LogP contribution in [0.3, 0.4) is 0 Å². The minimum atomic E-state index is 0.313. The maximum absolute atomic E-state index is 3.75. The van der Waals surface area contributed by atoms with Gasteiger partial charge in [-0.3, -0.25) is 0 Å². The van der Waals surface area contributed by atoms with Gasteiger partial charge in [0.15, 0.2) is 0 Å². The number of rotatable bonds is 5. The lowest BCUT2D eigenvalue weighted by molar-refractivity contribution is 0.873. The molecule has 1 aliphatic rings. The Labute approximate surface area is 193 Å². The fourth-order valence-corrected chi connectivity index (χ4v) is 4.66. The molecule has 0 radical (unpaired) electrons. The van der Waals surface area contributed by atoms with E-state index in [1.165, 1.54) is 55.8 Å². The van der Waals surface area contributed by atoms with Crippen molar-refractivity contribution in [1.82, 2.24) is 0 Å². The molecule has 0 aliphatic heterocycles. The summed E-state index contributed by atoms with van der Waals surface area (Å²) in [6, 6.07) is 22.3. The molecule has 1 aliphatic carbocycles. The van der Waals surface area contributed by atoms with E-state index in [2.05, 4.69) is 125 Å². The molecule has 0 amide bonds. The van der Waals surface area contributed by atoms with Gasteiger partial charge in [0, 0.05) is 11.7 Å². The predicted octanol–water partition coefficient (Wildman–Crippen LogP) is 8.03. The fourth-order valence-electron chi connectivity index (χ4n) is 4.66. The Morgan fingerprint density at radius 1 is 0.812 bits per heavy atom. The molecule has 0 saturated carbocycles. The van der Waals surface area contributed by atoms with Crippen molar-refractivity contribution in [2.45, 2.75) is 47.1 Å². The first-order valence-corrected chi connectivity index (χ1v) is 11.5. The summed E-state index contributed by atoms with van der Waals surface area (Å²) in [6.45, 7) is 10.9. The molecule has 1 N–H and O–H groups in total. The highest BCUT2D eigenvalue weighted by Gasteiger charge is 2.13. The van der Waals surface area contributed by atoms with Crippen molar-refractivity contribution in [3.8, 4) is 0 Å². The summed E-state index contributed by atoms with van der Waals surface area (Å²) in [6.07, 6.45) is 10.2. The summed E-state index contributed by atoms with van der Waals surface area (Å²) >= 11 is 0. The summed E-state index contributed by atoms with van der Waals surface area (Å²) in [5.74, 6) is 0. The van der Waals surface area contributed by atoms with Gasteiger partial charge in [-0.1, -0.05) is 90.0 Å². The Morgan fingerprint density at radius 3 is 2.12 bits per heavy atom. The summed E-state index contributed by atoms with van der Waals surface area (Å²) in [5.41, 5.74) is 12.9. The maximum Gasteiger partial charge on any atom is 0.0482 e. The first-order chi connectivity index (χ1) is 15.4. The van der Waals surface area contributed by atoms with Crippen molar-refractivity contribution in [2.24, 2.45) is 0 Å². The second-order valence-electron chi connectivity index (χ2n) is 9.07. The van der Waals surface area contributed by atoms with Crippen LogP contribution in [0.2, 0.25) is 0 Å². The number of hydrogen-bond donors (Lipinski definition) is 1. The molecule has 4 rings (SSSR count). The van der Waals surface area contributed by atoms with E-state index in [-0.39, 0.29) is 0 Å². The summed E-state index contributed by atoms with van der Waals surface area (Å²) in [5, 5.41) is 3.75. The van der Waals surface area contributed by atoms with Crippen molar-refractivity contribution in [2.75, 3.05) is 5.32 Å². The second kappa shape index (κ2) is 9.44. The van der Waals surface area contributed by atoms with Crippen LogP contribution in [-0.4, -0.2) is 6.04 Å². The van der Waals surface area contributed by atoms with E-state index in [9.17, 15) is 0 Å². The standard InChI is InChI=1S/C31H33N/c1-21-11-16-29(23(3)17-21)30(27-9-7-6-8-10-27)20-26-12-14-28(15-13-26)32-31-24(4)18-22(2)19-25(31)5/h6-14,16-20,28,32H,15H2,1-5H3. The van der Waals surface area contributed by atoms with Crippen molar-refractivity contribution in [1.29, 1.82) is 0 Å². The molecule has 32 heavy (non-hydrogen) atoms. The second-order valence-corrected chi connectivity index (χ2v) is 9.07. The largest absolute Gasteiger partial charge is 0.378 e. The molecule has 162 valence electrons. The van der Waals surface area contributed by atoms with E-state index in [0.29, 0.717) is 6.04 Å². The number of benzene rings is 3. The van der Waals surface area contributed by atoms with Gasteiger partial charge in [-0.25, -0.2) is 0 Å². The fraction of sp³-hybridized carbons (Fsp3) is 0.226. The highest BCUT2D eigenvalue weighted by molar-refractivity contribution is 5.83. The average molecular weight is 420 g/mol. The summed E-state index contributed by atoms with van der Waals surface area (Å²) < 4.78 is 0. The van der Waals surface area contributed by atoms with Crippen LogP contribution in [0.1, 0.15) is 45.4 Å². The molecule has 1 atom stereocenters. The van der Waals surface area contributed by atoms with E-state index in [0.717, 1.165) is 6.42 Å². The Balaban J connectivity index is 1.60. The first-order valence-electron chi connectivity index (χ1n) is 11.5. The van der Waals surface area contributed by atoms with Crippen molar-refractivity contribution < 1.29 is 0 Å². The summed E-state index contributed by atoms with van der Waals surface area (Å²) in [4.78, 5) is 0. The Morgan fingerprint density at radius 2 is 1.50 bits per heavy atom. The van der Waals surface area contributed by atoms with E-state index < -0.39 is 0 Å². The van der Waals surface area contributed by atoms with Gasteiger partial charge in [-0.15, -0.1) is 0 Å². The van der Waals surface area contributed by atoms with Gasteiger partial charge in [-0.2, -0.15) is 0 Å². The van der Waals surface area contributed by atoms with Crippen molar-refractivity contribution in [3.05, 3.63) is 129 Å². The third kappa shape index (κ3) is 4.94. The number of allylic oxidation sites excluding steroid dienone is 3. The smallest absolute Gasteiger partial charge is 0.0482 e. The molecular formula is C31H33N. The van der Waals surface area contributed by atoms with E-state index in [1.54, 1.807) is 0 Å². The lowest BCUT2D eigenvalue weighted by atomic mass is 9.90. The maximum atomic E-state index is 3.75. The lowest BCUT2D eigenvalue weighted by Gasteiger charge is -2.22. The van der Waals surface area contributed by atoms with Crippen LogP contribution in [0, 0.1) is 34.6 Å². The zero-order valence-corrected chi connectivity index (χ0v) is 19.9. The zero-order chi connectivity index (χ0) is 22.7. The molecule has 0 heterocycles. The van der Waals surface area contributed by atoms with Gasteiger partial charge in [0.2, 0.25) is 0 Å². The number of anilines is 1. The van der Waals surface area contributed by atoms with Crippen LogP contribution in [0.4, 0.5) is 5.69 Å². The molecule has 3 aromatic rings. The van der Waals surface area contributed by atoms with Crippen LogP contribution >= 0.6 is 0 Å². The predicted molar refractivity (Wildman–Crippen MR) is 139 cm³/mol. The van der Waals surface area contributed by atoms with Crippen molar-refractivity contribution in [3.63, 3.8) is 0 Å². The minimum Gasteiger partial charge on any atom is -0.378 e. The normalized spacial score (nSPS) is 16.1. The Hall–Kier alpha value is -3.32. The number of aryl methyl sites for hydroxylation is 5. The molecule has 0 aromatic heterocycles. The SMILES string of the molecule is Cc1ccc(C(=CC2=CCC(Nc3c(C)cc(C)cc3C)C=C2)c2ccccc2)c(C)c1. The van der Waals surface area contributed by atoms with Crippen LogP contribution in [0.15, 0.2) is 90.5 Å². The van der Waals surface area contributed by atoms with Crippen molar-refractivity contribution >= 4 is 11.3 Å². The van der Waals surface area contributed by atoms with E-state index >= 15 is 0 Å². The van der Waals surface area contributed by atoms with Gasteiger partial charge in [-0.05, 0) is 86.1 Å². The number of hydrogen-bond acceptors (Lipinski definition) is 1. The van der Waals surface area contributed by atoms with Gasteiger partial charge >= 0.3 is 0 Å². The average Bonchev–Trinajstić information content (AvgIpc) is 2.76. The molecule has 0 spiro atoms. The molecule has 0 fully saturated rings. The van der Waals surface area contributed by atoms with Gasteiger partial charge in [0.25, 0.3) is 0 Å². The van der Waals surface area contributed by atoms with E-state index in [4.69, 9.17) is 0 Å². The topological polar surface area (TPSA) is 12.0 Å². The molecule has 1 nitrogen and oxygen atoms in total.